The zero-order valence-corrected chi connectivity index (χ0v) is 11.4. The van der Waals surface area contributed by atoms with E-state index in [0.717, 1.165) is 43.3 Å². The molecular formula is C13H18N4S. The number of aliphatic imine (C=N–C) groups is 1. The molecular weight excluding hydrogens is 244 g/mol. The zero-order valence-electron chi connectivity index (χ0n) is 10.6. The van der Waals surface area contributed by atoms with Crippen molar-refractivity contribution < 1.29 is 0 Å². The fourth-order valence-electron chi connectivity index (χ4n) is 2.28. The summed E-state index contributed by atoms with van der Waals surface area (Å²) >= 11 is 1.84. The molecule has 1 fully saturated rings. The molecule has 0 unspecified atom stereocenters. The molecule has 0 aromatic heterocycles. The summed E-state index contributed by atoms with van der Waals surface area (Å²) in [6, 6.07) is 5.97. The monoisotopic (exact) mass is 262 g/mol. The molecule has 1 aromatic carbocycles. The van der Waals surface area contributed by atoms with E-state index < -0.39 is 0 Å². The number of piperazine rings is 1. The van der Waals surface area contributed by atoms with Gasteiger partial charge in [0.05, 0.1) is 11.4 Å². The van der Waals surface area contributed by atoms with Crippen molar-refractivity contribution in [2.45, 2.75) is 4.90 Å². The fourth-order valence-corrected chi connectivity index (χ4v) is 3.29. The average Bonchev–Trinajstić information content (AvgIpc) is 2.39. The second-order valence-corrected chi connectivity index (χ2v) is 5.85. The highest BCUT2D eigenvalue weighted by atomic mass is 32.2. The lowest BCUT2D eigenvalue weighted by atomic mass is 10.3. The normalized spacial score (nSPS) is 20.5. The SMILES string of the molecule is CN1CCN(C2=Nc3ccc(N)cc3SC2)CC1. The Bertz CT molecular complexity index is 478. The molecule has 0 aliphatic carbocycles. The third-order valence-electron chi connectivity index (χ3n) is 3.46. The number of hydrogen-bond donors (Lipinski definition) is 1. The Morgan fingerprint density at radius 1 is 1.22 bits per heavy atom. The van der Waals surface area contributed by atoms with Gasteiger partial charge in [0.15, 0.2) is 0 Å². The van der Waals surface area contributed by atoms with Crippen LogP contribution in [-0.4, -0.2) is 54.6 Å². The molecule has 0 amide bonds. The third-order valence-corrected chi connectivity index (χ3v) is 4.50. The maximum Gasteiger partial charge on any atom is 0.115 e. The quantitative estimate of drug-likeness (QED) is 0.722. The second kappa shape index (κ2) is 4.82. The lowest BCUT2D eigenvalue weighted by Crippen LogP contribution is -2.48. The molecule has 0 saturated carbocycles. The minimum Gasteiger partial charge on any atom is -0.399 e. The van der Waals surface area contributed by atoms with Gasteiger partial charge in [-0.25, -0.2) is 4.99 Å². The number of thioether (sulfide) groups is 1. The summed E-state index contributed by atoms with van der Waals surface area (Å²) in [4.78, 5) is 10.8. The summed E-state index contributed by atoms with van der Waals surface area (Å²) in [5.74, 6) is 2.17. The van der Waals surface area contributed by atoms with Crippen molar-refractivity contribution in [1.82, 2.24) is 9.80 Å². The molecule has 1 saturated heterocycles. The molecule has 0 spiro atoms. The molecule has 2 aliphatic heterocycles. The van der Waals surface area contributed by atoms with Crippen LogP contribution in [0.25, 0.3) is 0 Å². The van der Waals surface area contributed by atoms with E-state index in [9.17, 15) is 0 Å². The Morgan fingerprint density at radius 2 is 2.00 bits per heavy atom. The number of nitrogens with zero attached hydrogens (tertiary/aromatic N) is 3. The predicted octanol–water partition coefficient (Wildman–Crippen LogP) is 1.65. The van der Waals surface area contributed by atoms with Gasteiger partial charge < -0.3 is 15.5 Å². The Labute approximate surface area is 112 Å². The molecule has 5 heteroatoms. The van der Waals surface area contributed by atoms with Gasteiger partial charge in [-0.2, -0.15) is 0 Å². The Hall–Kier alpha value is -1.20. The van der Waals surface area contributed by atoms with Crippen LogP contribution in [-0.2, 0) is 0 Å². The standard InChI is InChI=1S/C13H18N4S/c1-16-4-6-17(7-5-16)13-9-18-12-8-10(14)2-3-11(12)15-13/h2-3,8H,4-7,9,14H2,1H3. The summed E-state index contributed by atoms with van der Waals surface area (Å²) in [6.07, 6.45) is 0. The number of rotatable bonds is 0. The Morgan fingerprint density at radius 3 is 2.78 bits per heavy atom. The first-order valence-electron chi connectivity index (χ1n) is 6.26. The van der Waals surface area contributed by atoms with Crippen molar-refractivity contribution in [1.29, 1.82) is 0 Å². The average molecular weight is 262 g/mol. The van der Waals surface area contributed by atoms with Crippen molar-refractivity contribution in [3.8, 4) is 0 Å². The van der Waals surface area contributed by atoms with Crippen LogP contribution in [0.2, 0.25) is 0 Å². The van der Waals surface area contributed by atoms with Crippen LogP contribution in [0.5, 0.6) is 0 Å². The van der Waals surface area contributed by atoms with Gasteiger partial charge in [-0.15, -0.1) is 11.8 Å². The van der Waals surface area contributed by atoms with Gasteiger partial charge in [0.25, 0.3) is 0 Å². The van der Waals surface area contributed by atoms with Gasteiger partial charge in [-0.1, -0.05) is 0 Å². The van der Waals surface area contributed by atoms with Crippen LogP contribution in [0.1, 0.15) is 0 Å². The molecule has 0 radical (unpaired) electrons. The van der Waals surface area contributed by atoms with E-state index in [1.807, 2.05) is 30.0 Å². The highest BCUT2D eigenvalue weighted by Crippen LogP contribution is 2.35. The van der Waals surface area contributed by atoms with Crippen molar-refractivity contribution in [3.63, 3.8) is 0 Å². The number of nitrogen functional groups attached to an aromatic ring is 1. The van der Waals surface area contributed by atoms with E-state index in [4.69, 9.17) is 10.7 Å². The molecule has 0 bridgehead atoms. The van der Waals surface area contributed by atoms with Gasteiger partial charge in [-0.05, 0) is 25.2 Å². The molecule has 0 atom stereocenters. The molecule has 3 rings (SSSR count). The number of nitrogens with two attached hydrogens (primary N) is 1. The minimum absolute atomic E-state index is 0.819. The number of benzene rings is 1. The van der Waals surface area contributed by atoms with E-state index >= 15 is 0 Å². The molecule has 96 valence electrons. The van der Waals surface area contributed by atoms with E-state index in [2.05, 4.69) is 16.8 Å². The maximum atomic E-state index is 5.80. The van der Waals surface area contributed by atoms with Crippen molar-refractivity contribution in [2.24, 2.45) is 4.99 Å². The first-order chi connectivity index (χ1) is 8.72. The lowest BCUT2D eigenvalue weighted by molar-refractivity contribution is 0.215. The van der Waals surface area contributed by atoms with Gasteiger partial charge >= 0.3 is 0 Å². The van der Waals surface area contributed by atoms with Crippen LogP contribution in [0.3, 0.4) is 0 Å². The van der Waals surface area contributed by atoms with Gasteiger partial charge in [0, 0.05) is 36.8 Å². The predicted molar refractivity (Wildman–Crippen MR) is 77.7 cm³/mol. The summed E-state index contributed by atoms with van der Waals surface area (Å²) in [5, 5.41) is 0. The van der Waals surface area contributed by atoms with Crippen LogP contribution < -0.4 is 5.73 Å². The van der Waals surface area contributed by atoms with E-state index in [1.54, 1.807) is 0 Å². The molecule has 1 aromatic rings. The van der Waals surface area contributed by atoms with E-state index in [1.165, 1.54) is 10.7 Å². The van der Waals surface area contributed by atoms with Crippen molar-refractivity contribution in [2.75, 3.05) is 44.7 Å². The topological polar surface area (TPSA) is 44.9 Å². The van der Waals surface area contributed by atoms with Gasteiger partial charge in [-0.3, -0.25) is 0 Å². The highest BCUT2D eigenvalue weighted by Gasteiger charge is 2.21. The van der Waals surface area contributed by atoms with Crippen LogP contribution in [0.4, 0.5) is 11.4 Å². The van der Waals surface area contributed by atoms with Crippen molar-refractivity contribution in [3.05, 3.63) is 18.2 Å². The number of hydrogen-bond acceptors (Lipinski definition) is 5. The molecule has 2 heterocycles. The maximum absolute atomic E-state index is 5.80. The zero-order chi connectivity index (χ0) is 12.5. The lowest BCUT2D eigenvalue weighted by Gasteiger charge is -2.35. The molecule has 2 N–H and O–H groups in total. The number of anilines is 1. The summed E-state index contributed by atoms with van der Waals surface area (Å²) in [6.45, 7) is 4.41. The number of amidine groups is 1. The van der Waals surface area contributed by atoms with Gasteiger partial charge in [0.1, 0.15) is 5.84 Å². The van der Waals surface area contributed by atoms with E-state index in [0.29, 0.717) is 0 Å². The molecule has 18 heavy (non-hydrogen) atoms. The number of likely N-dealkylation sites (N-methyl/N-ethyl adjacent to an activating group) is 1. The first kappa shape index (κ1) is 11.9. The Kier molecular flexibility index (Phi) is 3.18. The fraction of sp³-hybridized carbons (Fsp3) is 0.462. The molecule has 4 nitrogen and oxygen atoms in total. The van der Waals surface area contributed by atoms with Crippen molar-refractivity contribution >= 4 is 29.0 Å². The van der Waals surface area contributed by atoms with Crippen LogP contribution in [0, 0.1) is 0 Å². The highest BCUT2D eigenvalue weighted by molar-refractivity contribution is 8.00. The van der Waals surface area contributed by atoms with Gasteiger partial charge in [0.2, 0.25) is 0 Å². The van der Waals surface area contributed by atoms with E-state index in [-0.39, 0.29) is 0 Å². The van der Waals surface area contributed by atoms with Crippen LogP contribution in [0.15, 0.2) is 28.1 Å². The molecule has 2 aliphatic rings. The Balaban J connectivity index is 1.81. The summed E-state index contributed by atoms with van der Waals surface area (Å²) < 4.78 is 0. The third kappa shape index (κ3) is 2.33. The summed E-state index contributed by atoms with van der Waals surface area (Å²) in [5.41, 5.74) is 7.68. The minimum atomic E-state index is 0.819. The smallest absolute Gasteiger partial charge is 0.115 e. The van der Waals surface area contributed by atoms with Crippen LogP contribution >= 0.6 is 11.8 Å². The second-order valence-electron chi connectivity index (χ2n) is 4.83. The largest absolute Gasteiger partial charge is 0.399 e. The summed E-state index contributed by atoms with van der Waals surface area (Å²) in [7, 11) is 2.17. The first-order valence-corrected chi connectivity index (χ1v) is 7.24. The number of fused-ring (bicyclic) bond motifs is 1.